The van der Waals surface area contributed by atoms with Crippen molar-refractivity contribution >= 4 is 16.6 Å². The Balaban J connectivity index is 2.32. The first kappa shape index (κ1) is 13.6. The maximum Gasteiger partial charge on any atom is 0.134 e. The summed E-state index contributed by atoms with van der Waals surface area (Å²) in [5.41, 5.74) is -0.233. The van der Waals surface area contributed by atoms with Crippen molar-refractivity contribution in [3.63, 3.8) is 0 Å². The van der Waals surface area contributed by atoms with Crippen LogP contribution < -0.4 is 10.1 Å². The Morgan fingerprint density at radius 2 is 2.00 bits per heavy atom. The molecule has 1 heterocycles. The molecule has 0 atom stereocenters. The van der Waals surface area contributed by atoms with E-state index in [2.05, 4.69) is 10.3 Å². The molecule has 0 saturated heterocycles. The number of fused-ring (bicyclic) bond motifs is 1. The lowest BCUT2D eigenvalue weighted by atomic mass is 10.1. The largest absolute Gasteiger partial charge is 0.497 e. The van der Waals surface area contributed by atoms with Gasteiger partial charge in [-0.3, -0.25) is 0 Å². The molecule has 1 aromatic heterocycles. The molecule has 2 rings (SSSR count). The van der Waals surface area contributed by atoms with E-state index in [9.17, 15) is 0 Å². The van der Waals surface area contributed by atoms with Crippen LogP contribution in [0.1, 0.15) is 13.8 Å². The number of pyridine rings is 1. The molecule has 0 spiro atoms. The van der Waals surface area contributed by atoms with Crippen LogP contribution in [0.25, 0.3) is 10.8 Å². The van der Waals surface area contributed by atoms with E-state index < -0.39 is 0 Å². The topological polar surface area (TPSA) is 43.4 Å². The molecule has 0 amide bonds. The molecule has 0 aliphatic heterocycles. The van der Waals surface area contributed by atoms with Gasteiger partial charge < -0.3 is 14.8 Å². The number of anilines is 1. The van der Waals surface area contributed by atoms with Crippen molar-refractivity contribution in [3.05, 3.63) is 30.5 Å². The quantitative estimate of drug-likeness (QED) is 0.897. The zero-order chi connectivity index (χ0) is 13.9. The summed E-state index contributed by atoms with van der Waals surface area (Å²) in [5.74, 6) is 1.68. The number of nitrogens with zero attached hydrogens (tertiary/aromatic N) is 1. The Morgan fingerprint density at radius 3 is 2.68 bits per heavy atom. The maximum absolute atomic E-state index is 5.40. The van der Waals surface area contributed by atoms with Crippen molar-refractivity contribution in [1.29, 1.82) is 0 Å². The van der Waals surface area contributed by atoms with Crippen molar-refractivity contribution in [2.75, 3.05) is 26.1 Å². The predicted octanol–water partition coefficient (Wildman–Crippen LogP) is 3.08. The van der Waals surface area contributed by atoms with Crippen LogP contribution in [-0.2, 0) is 4.74 Å². The third kappa shape index (κ3) is 3.15. The van der Waals surface area contributed by atoms with Crippen LogP contribution in [-0.4, -0.2) is 31.3 Å². The average molecular weight is 260 g/mol. The highest BCUT2D eigenvalue weighted by atomic mass is 16.5. The van der Waals surface area contributed by atoms with Gasteiger partial charge >= 0.3 is 0 Å². The number of hydrogen-bond donors (Lipinski definition) is 1. The number of ether oxygens (including phenoxy) is 2. The molecule has 0 saturated carbocycles. The minimum absolute atomic E-state index is 0.233. The molecule has 4 nitrogen and oxygen atoms in total. The lowest BCUT2D eigenvalue weighted by Crippen LogP contribution is -2.32. The van der Waals surface area contributed by atoms with E-state index in [0.29, 0.717) is 6.54 Å². The maximum atomic E-state index is 5.40. The summed E-state index contributed by atoms with van der Waals surface area (Å²) < 4.78 is 10.7. The summed E-state index contributed by atoms with van der Waals surface area (Å²) in [6, 6.07) is 7.96. The summed E-state index contributed by atoms with van der Waals surface area (Å²) in [5, 5.41) is 5.52. The second-order valence-electron chi connectivity index (χ2n) is 5.06. The number of rotatable bonds is 5. The van der Waals surface area contributed by atoms with E-state index >= 15 is 0 Å². The van der Waals surface area contributed by atoms with Crippen molar-refractivity contribution in [2.45, 2.75) is 19.4 Å². The molecule has 4 heteroatoms. The number of nitrogens with one attached hydrogen (secondary N) is 1. The molecule has 0 unspecified atom stereocenters. The van der Waals surface area contributed by atoms with E-state index in [-0.39, 0.29) is 5.60 Å². The van der Waals surface area contributed by atoms with E-state index in [1.54, 1.807) is 20.4 Å². The molecule has 0 fully saturated rings. The Labute approximate surface area is 113 Å². The summed E-state index contributed by atoms with van der Waals surface area (Å²) in [7, 11) is 3.37. The molecule has 0 aliphatic rings. The highest BCUT2D eigenvalue weighted by molar-refractivity contribution is 5.92. The van der Waals surface area contributed by atoms with Crippen LogP contribution in [0.2, 0.25) is 0 Å². The number of hydrogen-bond acceptors (Lipinski definition) is 4. The number of aromatic nitrogens is 1. The summed E-state index contributed by atoms with van der Waals surface area (Å²) in [4.78, 5) is 4.40. The third-order valence-corrected chi connectivity index (χ3v) is 3.21. The van der Waals surface area contributed by atoms with Gasteiger partial charge in [0.05, 0.1) is 12.7 Å². The van der Waals surface area contributed by atoms with Crippen LogP contribution in [0.4, 0.5) is 5.82 Å². The van der Waals surface area contributed by atoms with Crippen LogP contribution in [0.5, 0.6) is 5.75 Å². The SMILES string of the molecule is COc1ccc2ccnc(NCC(C)(C)OC)c2c1. The lowest BCUT2D eigenvalue weighted by molar-refractivity contribution is 0.0343. The van der Waals surface area contributed by atoms with Gasteiger partial charge in [-0.05, 0) is 37.4 Å². The third-order valence-electron chi connectivity index (χ3n) is 3.21. The van der Waals surface area contributed by atoms with E-state index in [1.165, 1.54) is 0 Å². The molecule has 0 aliphatic carbocycles. The monoisotopic (exact) mass is 260 g/mol. The van der Waals surface area contributed by atoms with Crippen LogP contribution in [0, 0.1) is 0 Å². The van der Waals surface area contributed by atoms with Gasteiger partial charge in [-0.25, -0.2) is 4.98 Å². The highest BCUT2D eigenvalue weighted by Crippen LogP contribution is 2.26. The number of methoxy groups -OCH3 is 2. The van der Waals surface area contributed by atoms with E-state index in [1.807, 2.05) is 38.1 Å². The van der Waals surface area contributed by atoms with Gasteiger partial charge in [0.15, 0.2) is 0 Å². The predicted molar refractivity (Wildman–Crippen MR) is 77.9 cm³/mol. The molecule has 1 aromatic carbocycles. The Kier molecular flexibility index (Phi) is 3.90. The van der Waals surface area contributed by atoms with Gasteiger partial charge in [-0.2, -0.15) is 0 Å². The number of benzene rings is 1. The van der Waals surface area contributed by atoms with Gasteiger partial charge in [0, 0.05) is 25.2 Å². The van der Waals surface area contributed by atoms with Crippen molar-refractivity contribution in [3.8, 4) is 5.75 Å². The Morgan fingerprint density at radius 1 is 1.21 bits per heavy atom. The normalized spacial score (nSPS) is 11.6. The molecule has 2 aromatic rings. The van der Waals surface area contributed by atoms with Crippen molar-refractivity contribution < 1.29 is 9.47 Å². The minimum atomic E-state index is -0.233. The van der Waals surface area contributed by atoms with Gasteiger partial charge in [0.1, 0.15) is 11.6 Å². The molecule has 0 radical (unpaired) electrons. The van der Waals surface area contributed by atoms with Crippen molar-refractivity contribution in [1.82, 2.24) is 4.98 Å². The second-order valence-corrected chi connectivity index (χ2v) is 5.06. The summed E-state index contributed by atoms with van der Waals surface area (Å²) in [6.45, 7) is 4.75. The molecular weight excluding hydrogens is 240 g/mol. The van der Waals surface area contributed by atoms with E-state index in [4.69, 9.17) is 9.47 Å². The fourth-order valence-corrected chi connectivity index (χ4v) is 1.78. The van der Waals surface area contributed by atoms with Gasteiger partial charge in [0.2, 0.25) is 0 Å². The minimum Gasteiger partial charge on any atom is -0.497 e. The van der Waals surface area contributed by atoms with Crippen LogP contribution in [0.3, 0.4) is 0 Å². The lowest BCUT2D eigenvalue weighted by Gasteiger charge is -2.23. The molecule has 0 bridgehead atoms. The fraction of sp³-hybridized carbons (Fsp3) is 0.400. The molecule has 102 valence electrons. The van der Waals surface area contributed by atoms with Crippen LogP contribution >= 0.6 is 0 Å². The zero-order valence-electron chi connectivity index (χ0n) is 11.9. The molecule has 1 N–H and O–H groups in total. The molecular formula is C15H20N2O2. The Bertz CT molecular complexity index is 567. The van der Waals surface area contributed by atoms with Gasteiger partial charge in [-0.15, -0.1) is 0 Å². The second kappa shape index (κ2) is 5.45. The first-order valence-corrected chi connectivity index (χ1v) is 6.27. The molecule has 19 heavy (non-hydrogen) atoms. The first-order valence-electron chi connectivity index (χ1n) is 6.27. The van der Waals surface area contributed by atoms with Gasteiger partial charge in [-0.1, -0.05) is 6.07 Å². The average Bonchev–Trinajstić information content (AvgIpc) is 2.44. The van der Waals surface area contributed by atoms with Gasteiger partial charge in [0.25, 0.3) is 0 Å². The fourth-order valence-electron chi connectivity index (χ4n) is 1.78. The summed E-state index contributed by atoms with van der Waals surface area (Å²) in [6.07, 6.45) is 1.80. The first-order chi connectivity index (χ1) is 9.05. The zero-order valence-corrected chi connectivity index (χ0v) is 11.9. The standard InChI is InChI=1S/C15H20N2O2/c1-15(2,19-4)10-17-14-13-9-12(18-3)6-5-11(13)7-8-16-14/h5-9H,10H2,1-4H3,(H,16,17). The van der Waals surface area contributed by atoms with Crippen LogP contribution in [0.15, 0.2) is 30.5 Å². The Hall–Kier alpha value is -1.81. The smallest absolute Gasteiger partial charge is 0.134 e. The van der Waals surface area contributed by atoms with E-state index in [0.717, 1.165) is 22.3 Å². The highest BCUT2D eigenvalue weighted by Gasteiger charge is 2.16. The van der Waals surface area contributed by atoms with Crippen molar-refractivity contribution in [2.24, 2.45) is 0 Å². The summed E-state index contributed by atoms with van der Waals surface area (Å²) >= 11 is 0.